The third-order valence-corrected chi connectivity index (χ3v) is 5.51. The monoisotopic (exact) mass is 498 g/mol. The van der Waals surface area contributed by atoms with Gasteiger partial charge >= 0.3 is 12.4 Å². The van der Waals surface area contributed by atoms with Crippen molar-refractivity contribution >= 4 is 11.9 Å². The molecular weight excluding hydrogens is 481 g/mol. The number of rotatable bonds is 3. The summed E-state index contributed by atoms with van der Waals surface area (Å²) in [4.78, 5) is 23.9. The number of nitrogens with zero attached hydrogens (tertiary/aromatic N) is 4. The minimum Gasteiger partial charge on any atom is -0.337 e. The first-order valence-electron chi connectivity index (χ1n) is 10.4. The maximum absolute atomic E-state index is 14.2. The molecule has 1 fully saturated rings. The zero-order valence-electron chi connectivity index (χ0n) is 17.9. The number of amides is 1. The lowest BCUT2D eigenvalue weighted by atomic mass is 10.0. The van der Waals surface area contributed by atoms with Crippen LogP contribution in [-0.4, -0.2) is 47.0 Å². The standard InChI is InChI=1S/C23H17F7N4O/c24-17-6-2-5-16(23(28,29)30)19(17)20(35)33-9-11-34(12-10-33)21-31-8-7-18(32-21)14-3-1-4-15(13-14)22(25,26)27/h1-8,13H,9-12H2. The van der Waals surface area contributed by atoms with Crippen LogP contribution in [-0.2, 0) is 12.4 Å². The van der Waals surface area contributed by atoms with Gasteiger partial charge in [-0.3, -0.25) is 4.79 Å². The van der Waals surface area contributed by atoms with Crippen LogP contribution in [0.2, 0.25) is 0 Å². The summed E-state index contributed by atoms with van der Waals surface area (Å²) < 4.78 is 93.1. The maximum atomic E-state index is 14.2. The number of hydrogen-bond acceptors (Lipinski definition) is 4. The number of hydrogen-bond donors (Lipinski definition) is 0. The first-order chi connectivity index (χ1) is 16.4. The highest BCUT2D eigenvalue weighted by Gasteiger charge is 2.38. The van der Waals surface area contributed by atoms with Crippen molar-refractivity contribution < 1.29 is 35.5 Å². The molecule has 184 valence electrons. The normalized spacial score (nSPS) is 14.8. The van der Waals surface area contributed by atoms with Crippen molar-refractivity contribution in [1.29, 1.82) is 0 Å². The molecule has 35 heavy (non-hydrogen) atoms. The molecule has 0 atom stereocenters. The van der Waals surface area contributed by atoms with E-state index < -0.39 is 40.8 Å². The molecule has 1 aliphatic heterocycles. The molecule has 1 amide bonds. The molecule has 12 heteroatoms. The Morgan fingerprint density at radius 1 is 0.857 bits per heavy atom. The molecular formula is C23H17F7N4O. The molecule has 2 heterocycles. The zero-order chi connectivity index (χ0) is 25.4. The maximum Gasteiger partial charge on any atom is 0.417 e. The summed E-state index contributed by atoms with van der Waals surface area (Å²) in [6, 6.07) is 8.45. The number of anilines is 1. The van der Waals surface area contributed by atoms with Crippen LogP contribution >= 0.6 is 0 Å². The average Bonchev–Trinajstić information content (AvgIpc) is 2.83. The average molecular weight is 498 g/mol. The second kappa shape index (κ2) is 9.16. The van der Waals surface area contributed by atoms with Gasteiger partial charge in [-0.2, -0.15) is 26.3 Å². The van der Waals surface area contributed by atoms with Crippen molar-refractivity contribution in [1.82, 2.24) is 14.9 Å². The summed E-state index contributed by atoms with van der Waals surface area (Å²) in [5.41, 5.74) is -2.72. The third kappa shape index (κ3) is 5.20. The molecule has 4 rings (SSSR count). The molecule has 0 unspecified atom stereocenters. The molecule has 5 nitrogen and oxygen atoms in total. The van der Waals surface area contributed by atoms with E-state index in [1.807, 2.05) is 0 Å². The van der Waals surface area contributed by atoms with E-state index in [0.717, 1.165) is 29.2 Å². The van der Waals surface area contributed by atoms with Crippen molar-refractivity contribution in [3.8, 4) is 11.3 Å². The van der Waals surface area contributed by atoms with Gasteiger partial charge in [0.15, 0.2) is 0 Å². The van der Waals surface area contributed by atoms with Gasteiger partial charge in [-0.25, -0.2) is 14.4 Å². The molecule has 0 radical (unpaired) electrons. The summed E-state index contributed by atoms with van der Waals surface area (Å²) >= 11 is 0. The van der Waals surface area contributed by atoms with Crippen LogP contribution < -0.4 is 4.90 Å². The van der Waals surface area contributed by atoms with E-state index in [0.29, 0.717) is 6.07 Å². The van der Waals surface area contributed by atoms with Crippen LogP contribution in [0.5, 0.6) is 0 Å². The predicted octanol–water partition coefficient (Wildman–Crippen LogP) is 5.28. The minimum atomic E-state index is -4.90. The Morgan fingerprint density at radius 2 is 1.54 bits per heavy atom. The second-order valence-corrected chi connectivity index (χ2v) is 7.76. The molecule has 0 spiro atoms. The van der Waals surface area contributed by atoms with Gasteiger partial charge in [0.25, 0.3) is 5.91 Å². The molecule has 0 bridgehead atoms. The Morgan fingerprint density at radius 3 is 2.20 bits per heavy atom. The van der Waals surface area contributed by atoms with Gasteiger partial charge in [0.05, 0.1) is 22.4 Å². The molecule has 3 aromatic rings. The van der Waals surface area contributed by atoms with Crippen molar-refractivity contribution in [2.45, 2.75) is 12.4 Å². The van der Waals surface area contributed by atoms with Gasteiger partial charge in [0, 0.05) is 37.9 Å². The van der Waals surface area contributed by atoms with Crippen LogP contribution in [0.15, 0.2) is 54.7 Å². The van der Waals surface area contributed by atoms with Gasteiger partial charge in [-0.1, -0.05) is 18.2 Å². The number of carbonyl (C=O) groups is 1. The van der Waals surface area contributed by atoms with Gasteiger partial charge in [0.2, 0.25) is 5.95 Å². The number of halogens is 7. The Balaban J connectivity index is 1.51. The van der Waals surface area contributed by atoms with E-state index in [2.05, 4.69) is 9.97 Å². The lowest BCUT2D eigenvalue weighted by molar-refractivity contribution is -0.138. The lowest BCUT2D eigenvalue weighted by Crippen LogP contribution is -2.49. The summed E-state index contributed by atoms with van der Waals surface area (Å²) in [5, 5.41) is 0. The predicted molar refractivity (Wildman–Crippen MR) is 112 cm³/mol. The third-order valence-electron chi connectivity index (χ3n) is 5.51. The van der Waals surface area contributed by atoms with E-state index >= 15 is 0 Å². The number of aromatic nitrogens is 2. The summed E-state index contributed by atoms with van der Waals surface area (Å²) in [7, 11) is 0. The fourth-order valence-corrected chi connectivity index (χ4v) is 3.76. The van der Waals surface area contributed by atoms with Gasteiger partial charge in [0.1, 0.15) is 5.82 Å². The summed E-state index contributed by atoms with van der Waals surface area (Å²) in [6.45, 7) is 0.213. The fourth-order valence-electron chi connectivity index (χ4n) is 3.76. The van der Waals surface area contributed by atoms with Crippen LogP contribution in [0.4, 0.5) is 36.7 Å². The van der Waals surface area contributed by atoms with E-state index in [1.54, 1.807) is 4.90 Å². The fraction of sp³-hybridized carbons (Fsp3) is 0.261. The van der Waals surface area contributed by atoms with Crippen LogP contribution in [0.3, 0.4) is 0 Å². The van der Waals surface area contributed by atoms with Crippen molar-refractivity contribution in [2.75, 3.05) is 31.1 Å². The summed E-state index contributed by atoms with van der Waals surface area (Å²) in [6.07, 6.45) is -8.03. The van der Waals surface area contributed by atoms with E-state index in [9.17, 15) is 35.5 Å². The van der Waals surface area contributed by atoms with Gasteiger partial charge in [-0.15, -0.1) is 0 Å². The molecule has 2 aromatic carbocycles. The van der Waals surface area contributed by atoms with E-state index in [4.69, 9.17) is 0 Å². The second-order valence-electron chi connectivity index (χ2n) is 7.76. The smallest absolute Gasteiger partial charge is 0.337 e. The van der Waals surface area contributed by atoms with E-state index in [-0.39, 0.29) is 43.4 Å². The highest BCUT2D eigenvalue weighted by atomic mass is 19.4. The minimum absolute atomic E-state index is 0.0262. The van der Waals surface area contributed by atoms with Crippen molar-refractivity contribution in [2.24, 2.45) is 0 Å². The number of alkyl halides is 6. The molecule has 1 aromatic heterocycles. The Labute approximate surface area is 194 Å². The first kappa shape index (κ1) is 24.4. The topological polar surface area (TPSA) is 49.3 Å². The van der Waals surface area contributed by atoms with Crippen LogP contribution in [0.1, 0.15) is 21.5 Å². The van der Waals surface area contributed by atoms with Gasteiger partial charge in [-0.05, 0) is 30.3 Å². The largest absolute Gasteiger partial charge is 0.417 e. The first-order valence-corrected chi connectivity index (χ1v) is 10.4. The molecule has 0 aliphatic carbocycles. The molecule has 1 saturated heterocycles. The quantitative estimate of drug-likeness (QED) is 0.461. The number of carbonyl (C=O) groups excluding carboxylic acids is 1. The molecule has 1 aliphatic rings. The van der Waals surface area contributed by atoms with Crippen LogP contribution in [0, 0.1) is 5.82 Å². The van der Waals surface area contributed by atoms with Crippen molar-refractivity contribution in [3.63, 3.8) is 0 Å². The Kier molecular flexibility index (Phi) is 6.39. The Hall–Kier alpha value is -3.70. The molecule has 0 saturated carbocycles. The van der Waals surface area contributed by atoms with Gasteiger partial charge < -0.3 is 9.80 Å². The highest BCUT2D eigenvalue weighted by Crippen LogP contribution is 2.34. The highest BCUT2D eigenvalue weighted by molar-refractivity contribution is 5.96. The molecule has 0 N–H and O–H groups in total. The number of piperazine rings is 1. The lowest BCUT2D eigenvalue weighted by Gasteiger charge is -2.35. The van der Waals surface area contributed by atoms with Crippen LogP contribution in [0.25, 0.3) is 11.3 Å². The van der Waals surface area contributed by atoms with E-state index in [1.165, 1.54) is 24.4 Å². The Bertz CT molecular complexity index is 1240. The summed E-state index contributed by atoms with van der Waals surface area (Å²) in [5.74, 6) is -2.15. The number of benzene rings is 2. The zero-order valence-corrected chi connectivity index (χ0v) is 17.9. The van der Waals surface area contributed by atoms with Crippen molar-refractivity contribution in [3.05, 3.63) is 77.2 Å². The SMILES string of the molecule is O=C(c1c(F)cccc1C(F)(F)F)N1CCN(c2nccc(-c3cccc(C(F)(F)F)c3)n2)CC1.